The number of nitrogens with zero attached hydrogens (tertiary/aromatic N) is 4. The average Bonchev–Trinajstić information content (AvgIpc) is 3.12. The van der Waals surface area contributed by atoms with Crippen LogP contribution >= 0.6 is 11.3 Å². The highest BCUT2D eigenvalue weighted by atomic mass is 32.1. The quantitative estimate of drug-likeness (QED) is 0.735. The van der Waals surface area contributed by atoms with Crippen LogP contribution in [0, 0.1) is 6.92 Å². The third-order valence-electron chi connectivity index (χ3n) is 3.60. The molecule has 2 aromatic heterocycles. The van der Waals surface area contributed by atoms with Gasteiger partial charge in [-0.15, -0.1) is 0 Å². The van der Waals surface area contributed by atoms with Gasteiger partial charge in [0.15, 0.2) is 0 Å². The summed E-state index contributed by atoms with van der Waals surface area (Å²) in [5, 5.41) is 10.4. The van der Waals surface area contributed by atoms with Gasteiger partial charge in [-0.2, -0.15) is 5.10 Å². The number of fused-ring (bicyclic) bond motifs is 1. The Morgan fingerprint density at radius 3 is 2.96 bits per heavy atom. The number of carbonyl (C=O) groups is 3. The summed E-state index contributed by atoms with van der Waals surface area (Å²) in [5.41, 5.74) is 0.691. The number of aryl methyl sites for hydroxylation is 1. The Hall–Kier alpha value is -2.49. The third kappa shape index (κ3) is 3.23. The molecule has 0 spiro atoms. The van der Waals surface area contributed by atoms with Crippen LogP contribution in [0.4, 0.5) is 4.79 Å². The number of carbonyl (C=O) groups excluding carboxylic acids is 3. The molecule has 1 aliphatic heterocycles. The lowest BCUT2D eigenvalue weighted by Gasteiger charge is -2.11. The van der Waals surface area contributed by atoms with Gasteiger partial charge in [0.2, 0.25) is 10.9 Å². The maximum Gasteiger partial charge on any atom is 0.324 e. The molecule has 3 heterocycles. The van der Waals surface area contributed by atoms with E-state index in [2.05, 4.69) is 20.7 Å². The summed E-state index contributed by atoms with van der Waals surface area (Å²) < 4.78 is 1.67. The van der Waals surface area contributed by atoms with Gasteiger partial charge in [0.05, 0.1) is 24.9 Å². The molecular weight excluding hydrogens is 332 g/mol. The van der Waals surface area contributed by atoms with Crippen LogP contribution in [0.2, 0.25) is 0 Å². The zero-order valence-corrected chi connectivity index (χ0v) is 14.2. The fourth-order valence-corrected chi connectivity index (χ4v) is 3.27. The first-order valence-corrected chi connectivity index (χ1v) is 8.50. The monoisotopic (exact) mass is 350 g/mol. The molecule has 0 radical (unpaired) electrons. The maximum atomic E-state index is 12.1. The Kier molecular flexibility index (Phi) is 4.47. The number of aromatic nitrogens is 3. The molecular formula is C14H18N6O3S. The van der Waals surface area contributed by atoms with Crippen LogP contribution in [-0.4, -0.2) is 49.9 Å². The van der Waals surface area contributed by atoms with Crippen molar-refractivity contribution >= 4 is 34.1 Å². The summed E-state index contributed by atoms with van der Waals surface area (Å²) in [6.45, 7) is 4.39. The molecule has 24 heavy (non-hydrogen) atoms. The van der Waals surface area contributed by atoms with Gasteiger partial charge in [-0.1, -0.05) is 18.3 Å². The van der Waals surface area contributed by atoms with Crippen LogP contribution < -0.4 is 10.6 Å². The SMILES string of the molecule is CCCN1C(=O)NC(CC(=O)NCc2cn3nc(C)sc3n2)C1=O. The number of amides is 4. The standard InChI is InChI=1S/C14H18N6O3S/c1-3-4-19-12(22)10(17-13(19)23)5-11(21)15-6-9-7-20-14(16-9)24-8(2)18-20/h7,10H,3-6H2,1-2H3,(H,15,21)(H,17,23). The first kappa shape index (κ1) is 16.4. The minimum absolute atomic E-state index is 0.0790. The number of nitrogens with one attached hydrogen (secondary N) is 2. The van der Waals surface area contributed by atoms with Gasteiger partial charge in [-0.25, -0.2) is 14.3 Å². The minimum atomic E-state index is -0.793. The molecule has 2 N–H and O–H groups in total. The number of hydrogen-bond donors (Lipinski definition) is 2. The number of rotatable bonds is 6. The summed E-state index contributed by atoms with van der Waals surface area (Å²) in [4.78, 5) is 42.1. The topological polar surface area (TPSA) is 109 Å². The summed E-state index contributed by atoms with van der Waals surface area (Å²) in [6, 6.07) is -1.23. The molecule has 2 aromatic rings. The normalized spacial score (nSPS) is 17.6. The van der Waals surface area contributed by atoms with Crippen molar-refractivity contribution in [2.45, 2.75) is 39.3 Å². The smallest absolute Gasteiger partial charge is 0.324 e. The number of urea groups is 1. The molecule has 9 nitrogen and oxygen atoms in total. The van der Waals surface area contributed by atoms with E-state index in [1.807, 2.05) is 13.8 Å². The molecule has 1 saturated heterocycles. The summed E-state index contributed by atoms with van der Waals surface area (Å²) in [6.07, 6.45) is 2.36. The average molecular weight is 350 g/mol. The fraction of sp³-hybridized carbons (Fsp3) is 0.500. The van der Waals surface area contributed by atoms with Gasteiger partial charge in [-0.05, 0) is 13.3 Å². The van der Waals surface area contributed by atoms with Crippen LogP contribution in [0.3, 0.4) is 0 Å². The van der Waals surface area contributed by atoms with Crippen molar-refractivity contribution in [2.75, 3.05) is 6.54 Å². The number of imidazole rings is 1. The largest absolute Gasteiger partial charge is 0.350 e. The van der Waals surface area contributed by atoms with E-state index in [0.29, 0.717) is 18.7 Å². The van der Waals surface area contributed by atoms with E-state index in [-0.39, 0.29) is 24.8 Å². The fourth-order valence-electron chi connectivity index (χ4n) is 2.53. The van der Waals surface area contributed by atoms with Crippen LogP contribution in [0.5, 0.6) is 0 Å². The van der Waals surface area contributed by atoms with Crippen molar-refractivity contribution in [3.05, 3.63) is 16.9 Å². The van der Waals surface area contributed by atoms with Crippen molar-refractivity contribution in [1.29, 1.82) is 0 Å². The molecule has 0 aromatic carbocycles. The van der Waals surface area contributed by atoms with Gasteiger partial charge in [0, 0.05) is 6.54 Å². The zero-order chi connectivity index (χ0) is 17.3. The highest BCUT2D eigenvalue weighted by Gasteiger charge is 2.38. The second-order valence-electron chi connectivity index (χ2n) is 5.55. The molecule has 1 aliphatic rings. The van der Waals surface area contributed by atoms with E-state index in [1.165, 1.54) is 11.3 Å². The summed E-state index contributed by atoms with van der Waals surface area (Å²) >= 11 is 1.47. The lowest BCUT2D eigenvalue weighted by Crippen LogP contribution is -2.36. The first-order chi connectivity index (χ1) is 11.5. The van der Waals surface area contributed by atoms with E-state index in [4.69, 9.17) is 0 Å². The number of hydrogen-bond acceptors (Lipinski definition) is 6. The third-order valence-corrected chi connectivity index (χ3v) is 4.44. The van der Waals surface area contributed by atoms with Crippen molar-refractivity contribution in [1.82, 2.24) is 30.1 Å². The molecule has 0 aliphatic carbocycles. The van der Waals surface area contributed by atoms with Gasteiger partial charge in [0.1, 0.15) is 11.0 Å². The Bertz CT molecular complexity index is 766. The molecule has 0 bridgehead atoms. The Labute approximate surface area is 142 Å². The molecule has 128 valence electrons. The van der Waals surface area contributed by atoms with Gasteiger partial charge >= 0.3 is 6.03 Å². The van der Waals surface area contributed by atoms with E-state index < -0.39 is 12.1 Å². The van der Waals surface area contributed by atoms with Crippen molar-refractivity contribution < 1.29 is 14.4 Å². The van der Waals surface area contributed by atoms with Crippen molar-refractivity contribution in [3.63, 3.8) is 0 Å². The van der Waals surface area contributed by atoms with Crippen LogP contribution in [0.25, 0.3) is 4.96 Å². The van der Waals surface area contributed by atoms with E-state index >= 15 is 0 Å². The first-order valence-electron chi connectivity index (χ1n) is 7.68. The molecule has 4 amide bonds. The Morgan fingerprint density at radius 1 is 1.46 bits per heavy atom. The minimum Gasteiger partial charge on any atom is -0.350 e. The Morgan fingerprint density at radius 2 is 2.25 bits per heavy atom. The molecule has 1 fully saturated rings. The van der Waals surface area contributed by atoms with E-state index in [0.717, 1.165) is 14.9 Å². The summed E-state index contributed by atoms with van der Waals surface area (Å²) in [5.74, 6) is -0.660. The lowest BCUT2D eigenvalue weighted by molar-refractivity contribution is -0.130. The van der Waals surface area contributed by atoms with E-state index in [9.17, 15) is 14.4 Å². The molecule has 0 saturated carbocycles. The predicted molar refractivity (Wildman–Crippen MR) is 86.4 cm³/mol. The van der Waals surface area contributed by atoms with Gasteiger partial charge < -0.3 is 10.6 Å². The summed E-state index contributed by atoms with van der Waals surface area (Å²) in [7, 11) is 0. The zero-order valence-electron chi connectivity index (χ0n) is 13.4. The molecule has 1 atom stereocenters. The molecule has 3 rings (SSSR count). The van der Waals surface area contributed by atoms with Crippen LogP contribution in [0.1, 0.15) is 30.5 Å². The van der Waals surface area contributed by atoms with Crippen molar-refractivity contribution in [3.8, 4) is 0 Å². The predicted octanol–water partition coefficient (Wildman–Crippen LogP) is 0.436. The van der Waals surface area contributed by atoms with Gasteiger partial charge in [-0.3, -0.25) is 14.5 Å². The maximum absolute atomic E-state index is 12.1. The van der Waals surface area contributed by atoms with Crippen molar-refractivity contribution in [2.24, 2.45) is 0 Å². The highest BCUT2D eigenvalue weighted by Crippen LogP contribution is 2.13. The second-order valence-corrected chi connectivity index (χ2v) is 6.71. The van der Waals surface area contributed by atoms with E-state index in [1.54, 1.807) is 10.7 Å². The Balaban J connectivity index is 1.53. The number of imide groups is 1. The highest BCUT2D eigenvalue weighted by molar-refractivity contribution is 7.16. The lowest BCUT2D eigenvalue weighted by atomic mass is 10.2. The van der Waals surface area contributed by atoms with Crippen LogP contribution in [-0.2, 0) is 16.1 Å². The molecule has 10 heteroatoms. The van der Waals surface area contributed by atoms with Gasteiger partial charge in [0.25, 0.3) is 5.91 Å². The molecule has 1 unspecified atom stereocenters. The second kappa shape index (κ2) is 6.56. The van der Waals surface area contributed by atoms with Crippen LogP contribution in [0.15, 0.2) is 6.20 Å².